The van der Waals surface area contributed by atoms with Gasteiger partial charge < -0.3 is 20.1 Å². The molecule has 1 fully saturated rings. The number of halogens is 2. The van der Waals surface area contributed by atoms with E-state index >= 15 is 0 Å². The third-order valence-electron chi connectivity index (χ3n) is 3.78. The molecule has 2 N–H and O–H groups in total. The number of hydrogen-bond acceptors (Lipinski definition) is 4. The third kappa shape index (κ3) is 2.78. The minimum Gasteiger partial charge on any atom is -0.395 e. The van der Waals surface area contributed by atoms with Gasteiger partial charge in [-0.05, 0) is 44.9 Å². The molecule has 1 atom stereocenters. The molecule has 1 aromatic carbocycles. The van der Waals surface area contributed by atoms with Crippen molar-refractivity contribution >= 4 is 11.6 Å². The zero-order valence-electron chi connectivity index (χ0n) is 11.5. The summed E-state index contributed by atoms with van der Waals surface area (Å²) in [5.74, 6) is -0.313. The van der Waals surface area contributed by atoms with Gasteiger partial charge in [0.05, 0.1) is 5.54 Å². The summed E-state index contributed by atoms with van der Waals surface area (Å²) in [6, 6.07) is 4.19. The number of alkyl halides is 2. The van der Waals surface area contributed by atoms with Crippen LogP contribution < -0.4 is 20.1 Å². The molecule has 1 amide bonds. The number of benzene rings is 1. The Morgan fingerprint density at radius 3 is 2.76 bits per heavy atom. The quantitative estimate of drug-likeness (QED) is 0.880. The molecule has 114 valence electrons. The Morgan fingerprint density at radius 2 is 2.05 bits per heavy atom. The van der Waals surface area contributed by atoms with Crippen molar-refractivity contribution in [1.82, 2.24) is 5.32 Å². The van der Waals surface area contributed by atoms with Gasteiger partial charge in [-0.25, -0.2) is 0 Å². The second-order valence-corrected chi connectivity index (χ2v) is 5.50. The van der Waals surface area contributed by atoms with Crippen LogP contribution in [-0.4, -0.2) is 24.3 Å². The zero-order valence-corrected chi connectivity index (χ0v) is 11.5. The first-order valence-corrected chi connectivity index (χ1v) is 6.84. The van der Waals surface area contributed by atoms with E-state index in [9.17, 15) is 13.6 Å². The van der Waals surface area contributed by atoms with Crippen LogP contribution in [0.3, 0.4) is 0 Å². The van der Waals surface area contributed by atoms with Crippen molar-refractivity contribution in [3.63, 3.8) is 0 Å². The molecule has 0 radical (unpaired) electrons. The lowest BCUT2D eigenvalue weighted by Crippen LogP contribution is -2.54. The van der Waals surface area contributed by atoms with Crippen molar-refractivity contribution in [2.45, 2.75) is 38.0 Å². The highest BCUT2D eigenvalue weighted by atomic mass is 19.3. The molecule has 3 rings (SSSR count). The number of amides is 1. The lowest BCUT2D eigenvalue weighted by Gasteiger charge is -2.33. The lowest BCUT2D eigenvalue weighted by molar-refractivity contribution is -0.286. The number of nitrogens with one attached hydrogen (secondary N) is 2. The van der Waals surface area contributed by atoms with Gasteiger partial charge in [-0.1, -0.05) is 0 Å². The summed E-state index contributed by atoms with van der Waals surface area (Å²) in [6.45, 7) is 2.62. The summed E-state index contributed by atoms with van der Waals surface area (Å²) in [6.07, 6.45) is -0.893. The fraction of sp³-hybridized carbons (Fsp3) is 0.500. The van der Waals surface area contributed by atoms with Gasteiger partial charge in [0, 0.05) is 11.8 Å². The minimum atomic E-state index is -3.65. The number of carbonyl (C=O) groups is 1. The number of fused-ring (bicyclic) bond motifs is 1. The summed E-state index contributed by atoms with van der Waals surface area (Å²) in [7, 11) is 0. The monoisotopic (exact) mass is 298 g/mol. The molecule has 5 nitrogen and oxygen atoms in total. The Balaban J connectivity index is 1.73. The maximum atomic E-state index is 12.9. The van der Waals surface area contributed by atoms with Crippen LogP contribution in [0, 0.1) is 0 Å². The first kappa shape index (κ1) is 14.1. The Bertz CT molecular complexity index is 571. The van der Waals surface area contributed by atoms with Gasteiger partial charge in [0.2, 0.25) is 5.91 Å². The van der Waals surface area contributed by atoms with Crippen molar-refractivity contribution < 1.29 is 23.0 Å². The van der Waals surface area contributed by atoms with E-state index in [4.69, 9.17) is 0 Å². The molecule has 1 unspecified atom stereocenters. The van der Waals surface area contributed by atoms with Gasteiger partial charge >= 0.3 is 6.29 Å². The fourth-order valence-electron chi connectivity index (χ4n) is 2.55. The van der Waals surface area contributed by atoms with E-state index in [1.165, 1.54) is 18.2 Å². The maximum Gasteiger partial charge on any atom is 0.586 e. The average molecular weight is 298 g/mol. The van der Waals surface area contributed by atoms with Crippen LogP contribution >= 0.6 is 0 Å². The molecule has 0 spiro atoms. The fourth-order valence-corrected chi connectivity index (χ4v) is 2.55. The molecule has 2 aliphatic heterocycles. The van der Waals surface area contributed by atoms with Crippen molar-refractivity contribution in [2.75, 3.05) is 11.9 Å². The van der Waals surface area contributed by atoms with Crippen LogP contribution in [0.2, 0.25) is 0 Å². The summed E-state index contributed by atoms with van der Waals surface area (Å²) in [5.41, 5.74) is -0.243. The van der Waals surface area contributed by atoms with E-state index in [0.29, 0.717) is 5.69 Å². The number of piperidine rings is 1. The van der Waals surface area contributed by atoms with Gasteiger partial charge in [-0.3, -0.25) is 4.79 Å². The maximum absolute atomic E-state index is 12.9. The Kier molecular flexibility index (Phi) is 3.24. The summed E-state index contributed by atoms with van der Waals surface area (Å²) < 4.78 is 34.6. The molecule has 0 bridgehead atoms. The van der Waals surface area contributed by atoms with Crippen LogP contribution in [-0.2, 0) is 4.79 Å². The minimum absolute atomic E-state index is 0.0417. The molecule has 1 aromatic rings. The smallest absolute Gasteiger partial charge is 0.395 e. The van der Waals surface area contributed by atoms with Crippen LogP contribution in [0.4, 0.5) is 14.5 Å². The van der Waals surface area contributed by atoms with Crippen molar-refractivity contribution in [3.8, 4) is 11.5 Å². The SMILES string of the molecule is CC1(C(=O)Nc2ccc3c(c2)OC(F)(F)O3)CCCCN1. The molecule has 2 aliphatic rings. The second kappa shape index (κ2) is 4.84. The topological polar surface area (TPSA) is 59.6 Å². The second-order valence-electron chi connectivity index (χ2n) is 5.50. The number of ether oxygens (including phenoxy) is 2. The van der Waals surface area contributed by atoms with Gasteiger partial charge in [0.15, 0.2) is 11.5 Å². The Morgan fingerprint density at radius 1 is 1.29 bits per heavy atom. The molecule has 21 heavy (non-hydrogen) atoms. The predicted octanol–water partition coefficient (Wildman–Crippen LogP) is 2.48. The number of anilines is 1. The normalized spacial score (nSPS) is 26.4. The number of carbonyl (C=O) groups excluding carboxylic acids is 1. The highest BCUT2D eigenvalue weighted by molar-refractivity contribution is 5.98. The van der Waals surface area contributed by atoms with Crippen LogP contribution in [0.5, 0.6) is 11.5 Å². The number of hydrogen-bond donors (Lipinski definition) is 2. The van der Waals surface area contributed by atoms with Crippen molar-refractivity contribution in [2.24, 2.45) is 0 Å². The Labute approximate surface area is 120 Å². The Hall–Kier alpha value is -1.89. The average Bonchev–Trinajstić information content (AvgIpc) is 2.72. The molecular formula is C14H16F2N2O3. The van der Waals surface area contributed by atoms with Gasteiger partial charge in [0.1, 0.15) is 0 Å². The first-order valence-electron chi connectivity index (χ1n) is 6.84. The molecule has 0 aromatic heterocycles. The van der Waals surface area contributed by atoms with E-state index in [2.05, 4.69) is 20.1 Å². The third-order valence-corrected chi connectivity index (χ3v) is 3.78. The molecule has 2 heterocycles. The largest absolute Gasteiger partial charge is 0.586 e. The molecule has 1 saturated heterocycles. The zero-order chi connectivity index (χ0) is 15.1. The van der Waals surface area contributed by atoms with E-state index in [0.717, 1.165) is 25.8 Å². The van der Waals surface area contributed by atoms with E-state index < -0.39 is 11.8 Å². The lowest BCUT2D eigenvalue weighted by atomic mass is 9.90. The predicted molar refractivity (Wildman–Crippen MR) is 71.5 cm³/mol. The van der Waals surface area contributed by atoms with Crippen molar-refractivity contribution in [1.29, 1.82) is 0 Å². The summed E-state index contributed by atoms with van der Waals surface area (Å²) >= 11 is 0. The standard InChI is InChI=1S/C14H16F2N2O3/c1-13(6-2-3-7-17-13)12(19)18-9-4-5-10-11(8-9)21-14(15,16)20-10/h4-5,8,17H,2-3,6-7H2,1H3,(H,18,19). The van der Waals surface area contributed by atoms with Gasteiger partial charge in [-0.15, -0.1) is 8.78 Å². The molecule has 0 aliphatic carbocycles. The summed E-state index contributed by atoms with van der Waals surface area (Å²) in [4.78, 5) is 12.3. The summed E-state index contributed by atoms with van der Waals surface area (Å²) in [5, 5.41) is 5.92. The van der Waals surface area contributed by atoms with Gasteiger partial charge in [-0.2, -0.15) is 0 Å². The van der Waals surface area contributed by atoms with E-state index in [1.807, 2.05) is 6.92 Å². The number of rotatable bonds is 2. The van der Waals surface area contributed by atoms with Crippen LogP contribution in [0.15, 0.2) is 18.2 Å². The first-order chi connectivity index (χ1) is 9.88. The van der Waals surface area contributed by atoms with Gasteiger partial charge in [0.25, 0.3) is 0 Å². The molecular weight excluding hydrogens is 282 g/mol. The van der Waals surface area contributed by atoms with Crippen LogP contribution in [0.1, 0.15) is 26.2 Å². The molecule has 7 heteroatoms. The molecule has 0 saturated carbocycles. The van der Waals surface area contributed by atoms with E-state index in [1.54, 1.807) is 0 Å². The van der Waals surface area contributed by atoms with E-state index in [-0.39, 0.29) is 17.4 Å². The van der Waals surface area contributed by atoms with Crippen molar-refractivity contribution in [3.05, 3.63) is 18.2 Å². The highest BCUT2D eigenvalue weighted by Gasteiger charge is 2.43. The van der Waals surface area contributed by atoms with Crippen LogP contribution in [0.25, 0.3) is 0 Å². The highest BCUT2D eigenvalue weighted by Crippen LogP contribution is 2.42.